The normalized spacial score (nSPS) is 21.5. The fourth-order valence-corrected chi connectivity index (χ4v) is 1.95. The molecule has 2 N–H and O–H groups in total. The van der Waals surface area contributed by atoms with E-state index in [-0.39, 0.29) is 11.4 Å². The summed E-state index contributed by atoms with van der Waals surface area (Å²) >= 11 is 0. The summed E-state index contributed by atoms with van der Waals surface area (Å²) in [7, 11) is 5.65. The first-order valence-electron chi connectivity index (χ1n) is 4.74. The van der Waals surface area contributed by atoms with Gasteiger partial charge in [-0.1, -0.05) is 0 Å². The van der Waals surface area contributed by atoms with Crippen molar-refractivity contribution < 1.29 is 4.79 Å². The lowest BCUT2D eigenvalue weighted by atomic mass is 9.86. The summed E-state index contributed by atoms with van der Waals surface area (Å²) in [5.41, 5.74) is -0.292. The molecule has 1 saturated heterocycles. The Balaban J connectivity index is 2.79. The number of nitrogens with zero attached hydrogens (tertiary/aromatic N) is 1. The Kier molecular flexibility index (Phi) is 3.27. The first kappa shape index (κ1) is 10.5. The predicted molar refractivity (Wildman–Crippen MR) is 52.6 cm³/mol. The van der Waals surface area contributed by atoms with Crippen molar-refractivity contribution in [2.45, 2.75) is 18.4 Å². The van der Waals surface area contributed by atoms with Crippen LogP contribution in [0.25, 0.3) is 0 Å². The van der Waals surface area contributed by atoms with Gasteiger partial charge in [0, 0.05) is 7.05 Å². The summed E-state index contributed by atoms with van der Waals surface area (Å²) in [5, 5.41) is 6.02. The van der Waals surface area contributed by atoms with Crippen LogP contribution in [0.1, 0.15) is 12.8 Å². The summed E-state index contributed by atoms with van der Waals surface area (Å²) in [6.45, 7) is 1.84. The number of hydrogen-bond acceptors (Lipinski definition) is 3. The van der Waals surface area contributed by atoms with Gasteiger partial charge in [0.05, 0.1) is 0 Å². The van der Waals surface area contributed by atoms with Crippen LogP contribution in [0.4, 0.5) is 0 Å². The van der Waals surface area contributed by atoms with E-state index in [9.17, 15) is 4.79 Å². The van der Waals surface area contributed by atoms with Crippen molar-refractivity contribution in [3.05, 3.63) is 0 Å². The minimum atomic E-state index is -0.292. The molecule has 0 aromatic rings. The average molecular weight is 185 g/mol. The molecule has 0 atom stereocenters. The van der Waals surface area contributed by atoms with E-state index in [4.69, 9.17) is 0 Å². The summed E-state index contributed by atoms with van der Waals surface area (Å²) in [5.74, 6) is 0.138. The lowest BCUT2D eigenvalue weighted by molar-refractivity contribution is -0.133. The van der Waals surface area contributed by atoms with Gasteiger partial charge in [0.25, 0.3) is 0 Å². The molecule has 0 spiro atoms. The van der Waals surface area contributed by atoms with E-state index in [0.29, 0.717) is 0 Å². The maximum absolute atomic E-state index is 11.7. The first-order chi connectivity index (χ1) is 6.13. The van der Waals surface area contributed by atoms with E-state index in [1.54, 1.807) is 7.05 Å². The molecule has 1 aliphatic heterocycles. The molecule has 0 saturated carbocycles. The number of hydrogen-bond donors (Lipinski definition) is 2. The highest BCUT2D eigenvalue weighted by molar-refractivity contribution is 5.86. The van der Waals surface area contributed by atoms with Crippen LogP contribution in [-0.2, 0) is 4.79 Å². The van der Waals surface area contributed by atoms with Crippen molar-refractivity contribution in [1.82, 2.24) is 15.5 Å². The molecule has 1 aliphatic rings. The Morgan fingerprint density at radius 1 is 1.38 bits per heavy atom. The predicted octanol–water partition coefficient (Wildman–Crippen LogP) is -0.584. The SMILES string of the molecule is CNC(=O)C1(N(C)C)CCNCC1. The lowest BCUT2D eigenvalue weighted by Crippen LogP contribution is -2.60. The van der Waals surface area contributed by atoms with Crippen molar-refractivity contribution in [2.75, 3.05) is 34.2 Å². The minimum Gasteiger partial charge on any atom is -0.358 e. The monoisotopic (exact) mass is 185 g/mol. The number of carbonyl (C=O) groups is 1. The Morgan fingerprint density at radius 3 is 2.31 bits per heavy atom. The fraction of sp³-hybridized carbons (Fsp3) is 0.889. The molecule has 4 nitrogen and oxygen atoms in total. The highest BCUT2D eigenvalue weighted by atomic mass is 16.2. The summed E-state index contributed by atoms with van der Waals surface area (Å²) in [4.78, 5) is 13.8. The van der Waals surface area contributed by atoms with E-state index in [2.05, 4.69) is 10.6 Å². The van der Waals surface area contributed by atoms with Gasteiger partial charge < -0.3 is 10.6 Å². The average Bonchev–Trinajstić information content (AvgIpc) is 2.17. The second kappa shape index (κ2) is 4.07. The smallest absolute Gasteiger partial charge is 0.240 e. The van der Waals surface area contributed by atoms with Crippen LogP contribution in [0.15, 0.2) is 0 Å². The molecule has 0 aromatic carbocycles. The molecule has 0 unspecified atom stereocenters. The lowest BCUT2D eigenvalue weighted by Gasteiger charge is -2.41. The van der Waals surface area contributed by atoms with E-state index >= 15 is 0 Å². The number of nitrogens with one attached hydrogen (secondary N) is 2. The van der Waals surface area contributed by atoms with Crippen molar-refractivity contribution in [2.24, 2.45) is 0 Å². The molecule has 0 bridgehead atoms. The Hall–Kier alpha value is -0.610. The van der Waals surface area contributed by atoms with Gasteiger partial charge in [0.1, 0.15) is 5.54 Å². The standard InChI is InChI=1S/C9H19N3O/c1-10-8(13)9(12(2)3)4-6-11-7-5-9/h11H,4-7H2,1-3H3,(H,10,13). The highest BCUT2D eigenvalue weighted by Gasteiger charge is 2.40. The minimum absolute atomic E-state index is 0.138. The zero-order valence-electron chi connectivity index (χ0n) is 8.68. The second-order valence-electron chi connectivity index (χ2n) is 3.76. The molecule has 1 rings (SSSR count). The second-order valence-corrected chi connectivity index (χ2v) is 3.76. The third-order valence-corrected chi connectivity index (χ3v) is 2.94. The van der Waals surface area contributed by atoms with Gasteiger partial charge in [-0.25, -0.2) is 0 Å². The van der Waals surface area contributed by atoms with Gasteiger partial charge in [0.2, 0.25) is 5.91 Å². The molecular formula is C9H19N3O. The maximum Gasteiger partial charge on any atom is 0.240 e. The van der Waals surface area contributed by atoms with E-state index in [1.165, 1.54) is 0 Å². The molecule has 4 heteroatoms. The summed E-state index contributed by atoms with van der Waals surface area (Å²) in [6.07, 6.45) is 1.78. The number of piperidine rings is 1. The van der Waals surface area contributed by atoms with Gasteiger partial charge >= 0.3 is 0 Å². The van der Waals surface area contributed by atoms with Gasteiger partial charge in [-0.15, -0.1) is 0 Å². The van der Waals surface area contributed by atoms with Crippen LogP contribution in [0, 0.1) is 0 Å². The van der Waals surface area contributed by atoms with E-state index in [1.807, 2.05) is 19.0 Å². The van der Waals surface area contributed by atoms with Crippen LogP contribution in [0.3, 0.4) is 0 Å². The zero-order chi connectivity index (χ0) is 9.90. The van der Waals surface area contributed by atoms with E-state index in [0.717, 1.165) is 25.9 Å². The molecule has 1 amide bonds. The topological polar surface area (TPSA) is 44.4 Å². The quantitative estimate of drug-likeness (QED) is 0.605. The number of amides is 1. The van der Waals surface area contributed by atoms with Gasteiger partial charge in [-0.3, -0.25) is 9.69 Å². The molecule has 13 heavy (non-hydrogen) atoms. The van der Waals surface area contributed by atoms with E-state index < -0.39 is 0 Å². The fourth-order valence-electron chi connectivity index (χ4n) is 1.95. The molecule has 0 radical (unpaired) electrons. The highest BCUT2D eigenvalue weighted by Crippen LogP contribution is 2.23. The van der Waals surface area contributed by atoms with Crippen molar-refractivity contribution >= 4 is 5.91 Å². The van der Waals surface area contributed by atoms with Crippen LogP contribution in [-0.4, -0.2) is 50.6 Å². The first-order valence-corrected chi connectivity index (χ1v) is 4.74. The maximum atomic E-state index is 11.7. The summed E-state index contributed by atoms with van der Waals surface area (Å²) < 4.78 is 0. The van der Waals surface area contributed by atoms with Crippen LogP contribution in [0.5, 0.6) is 0 Å². The van der Waals surface area contributed by atoms with Crippen LogP contribution in [0.2, 0.25) is 0 Å². The molecule has 1 fully saturated rings. The molecule has 0 aliphatic carbocycles. The molecular weight excluding hydrogens is 166 g/mol. The largest absolute Gasteiger partial charge is 0.358 e. The van der Waals surface area contributed by atoms with Crippen LogP contribution >= 0.6 is 0 Å². The molecule has 0 aromatic heterocycles. The molecule has 76 valence electrons. The third-order valence-electron chi connectivity index (χ3n) is 2.94. The van der Waals surface area contributed by atoms with Crippen molar-refractivity contribution in [3.8, 4) is 0 Å². The molecule has 1 heterocycles. The Labute approximate surface area is 79.7 Å². The summed E-state index contributed by atoms with van der Waals surface area (Å²) in [6, 6.07) is 0. The van der Waals surface area contributed by atoms with Gasteiger partial charge in [0.15, 0.2) is 0 Å². The Bertz CT molecular complexity index is 185. The third kappa shape index (κ3) is 1.84. The van der Waals surface area contributed by atoms with Crippen molar-refractivity contribution in [1.29, 1.82) is 0 Å². The van der Waals surface area contributed by atoms with Gasteiger partial charge in [-0.2, -0.15) is 0 Å². The zero-order valence-corrected chi connectivity index (χ0v) is 8.68. The van der Waals surface area contributed by atoms with Gasteiger partial charge in [-0.05, 0) is 40.0 Å². The van der Waals surface area contributed by atoms with Crippen LogP contribution < -0.4 is 10.6 Å². The number of carbonyl (C=O) groups excluding carboxylic acids is 1. The van der Waals surface area contributed by atoms with Crippen molar-refractivity contribution in [3.63, 3.8) is 0 Å². The Morgan fingerprint density at radius 2 is 1.92 bits per heavy atom. The number of likely N-dealkylation sites (N-methyl/N-ethyl adjacent to an activating group) is 2. The number of rotatable bonds is 2.